The molecule has 38 heavy (non-hydrogen) atoms. The second-order valence-corrected chi connectivity index (χ2v) is 10.2. The molecule has 4 rings (SSSR count). The highest BCUT2D eigenvalue weighted by Gasteiger charge is 2.23. The van der Waals surface area contributed by atoms with Gasteiger partial charge in [-0.3, -0.25) is 9.59 Å². The SMILES string of the molecule is O=C(CCNC(=O)c1ccc(N2CCC[C@@H](Nc3ncccn3)C2)c(F)c1)ONS(=O)(=O)c1ccccc1. The Morgan fingerprint density at radius 1 is 1.08 bits per heavy atom. The molecule has 2 heterocycles. The molecule has 3 aromatic rings. The monoisotopic (exact) mass is 542 g/mol. The molecule has 200 valence electrons. The van der Waals surface area contributed by atoms with Gasteiger partial charge in [0, 0.05) is 43.6 Å². The molecular formula is C25H27FN6O5S. The number of hydrogen-bond acceptors (Lipinski definition) is 9. The molecule has 0 bridgehead atoms. The van der Waals surface area contributed by atoms with Crippen LogP contribution in [0.3, 0.4) is 0 Å². The first-order chi connectivity index (χ1) is 18.3. The van der Waals surface area contributed by atoms with E-state index in [0.29, 0.717) is 24.7 Å². The molecule has 0 spiro atoms. The maximum Gasteiger partial charge on any atom is 0.327 e. The number of nitrogens with one attached hydrogen (secondary N) is 3. The quantitative estimate of drug-likeness (QED) is 0.329. The first-order valence-electron chi connectivity index (χ1n) is 11.9. The Labute approximate surface area is 219 Å². The van der Waals surface area contributed by atoms with Gasteiger partial charge in [0.05, 0.1) is 17.0 Å². The Bertz CT molecular complexity index is 1360. The second kappa shape index (κ2) is 12.4. The highest BCUT2D eigenvalue weighted by atomic mass is 32.2. The number of nitrogens with zero attached hydrogens (tertiary/aromatic N) is 3. The summed E-state index contributed by atoms with van der Waals surface area (Å²) in [5.41, 5.74) is 0.477. The number of anilines is 2. The van der Waals surface area contributed by atoms with E-state index in [4.69, 9.17) is 0 Å². The van der Waals surface area contributed by atoms with E-state index >= 15 is 0 Å². The summed E-state index contributed by atoms with van der Waals surface area (Å²) < 4.78 is 39.1. The fourth-order valence-corrected chi connectivity index (χ4v) is 4.77. The number of aromatic nitrogens is 2. The molecule has 1 aliphatic heterocycles. The molecule has 1 atom stereocenters. The van der Waals surface area contributed by atoms with Crippen LogP contribution in [0.15, 0.2) is 71.9 Å². The van der Waals surface area contributed by atoms with Gasteiger partial charge in [0.25, 0.3) is 15.9 Å². The largest absolute Gasteiger partial charge is 0.367 e. The number of hydrogen-bond donors (Lipinski definition) is 3. The lowest BCUT2D eigenvalue weighted by Gasteiger charge is -2.35. The average Bonchev–Trinajstić information content (AvgIpc) is 2.93. The van der Waals surface area contributed by atoms with Gasteiger partial charge in [0.15, 0.2) is 0 Å². The number of piperidine rings is 1. The van der Waals surface area contributed by atoms with Crippen LogP contribution in [0.4, 0.5) is 16.0 Å². The molecule has 1 aromatic heterocycles. The number of halogens is 1. The zero-order valence-electron chi connectivity index (χ0n) is 20.3. The maximum absolute atomic E-state index is 14.9. The zero-order chi connectivity index (χ0) is 27.0. The molecule has 0 unspecified atom stereocenters. The van der Waals surface area contributed by atoms with E-state index in [1.807, 2.05) is 4.90 Å². The van der Waals surface area contributed by atoms with E-state index in [2.05, 4.69) is 25.4 Å². The number of carbonyl (C=O) groups excluding carboxylic acids is 2. The second-order valence-electron chi connectivity index (χ2n) is 8.55. The lowest BCUT2D eigenvalue weighted by molar-refractivity contribution is -0.146. The van der Waals surface area contributed by atoms with Crippen molar-refractivity contribution in [1.29, 1.82) is 0 Å². The van der Waals surface area contributed by atoms with Crippen LogP contribution in [0.2, 0.25) is 0 Å². The standard InChI is InChI=1S/C25H27FN6O5S/c26-21-16-18(9-10-22(21)32-15-4-6-19(17-32)30-25-28-12-5-13-29-25)24(34)27-14-11-23(33)37-31-38(35,36)20-7-2-1-3-8-20/h1-3,5,7-10,12-13,16,19,31H,4,6,11,14-15,17H2,(H,27,34)(H,28,29,30)/t19-/m1/s1. The van der Waals surface area contributed by atoms with Gasteiger partial charge >= 0.3 is 5.97 Å². The molecule has 1 fully saturated rings. The first kappa shape index (κ1) is 26.9. The Morgan fingerprint density at radius 3 is 2.58 bits per heavy atom. The maximum atomic E-state index is 14.9. The summed E-state index contributed by atoms with van der Waals surface area (Å²) in [6.45, 7) is 1.10. The van der Waals surface area contributed by atoms with Crippen LogP contribution in [0.25, 0.3) is 0 Å². The van der Waals surface area contributed by atoms with Gasteiger partial charge < -0.3 is 20.4 Å². The van der Waals surface area contributed by atoms with Crippen molar-refractivity contribution < 1.29 is 27.2 Å². The molecule has 1 amide bonds. The van der Waals surface area contributed by atoms with E-state index in [9.17, 15) is 22.4 Å². The van der Waals surface area contributed by atoms with Crippen molar-refractivity contribution in [3.05, 3.63) is 78.4 Å². The normalized spacial score (nSPS) is 15.5. The summed E-state index contributed by atoms with van der Waals surface area (Å²) in [7, 11) is -4.01. The van der Waals surface area contributed by atoms with E-state index in [0.717, 1.165) is 18.9 Å². The molecule has 0 saturated carbocycles. The molecule has 0 radical (unpaired) electrons. The van der Waals surface area contributed by atoms with Crippen LogP contribution >= 0.6 is 0 Å². The first-order valence-corrected chi connectivity index (χ1v) is 13.4. The van der Waals surface area contributed by atoms with Crippen molar-refractivity contribution in [2.75, 3.05) is 29.9 Å². The predicted octanol–water partition coefficient (Wildman–Crippen LogP) is 2.25. The van der Waals surface area contributed by atoms with Gasteiger partial charge in [0.2, 0.25) is 5.95 Å². The Balaban J connectivity index is 1.25. The smallest absolute Gasteiger partial charge is 0.327 e. The third-order valence-corrected chi connectivity index (χ3v) is 7.00. The average molecular weight is 543 g/mol. The Kier molecular flexibility index (Phi) is 8.81. The fraction of sp³-hybridized carbons (Fsp3) is 0.280. The fourth-order valence-electron chi connectivity index (χ4n) is 3.95. The molecular weight excluding hydrogens is 515 g/mol. The summed E-state index contributed by atoms with van der Waals surface area (Å²) in [6.07, 6.45) is 4.75. The summed E-state index contributed by atoms with van der Waals surface area (Å²) in [5.74, 6) is -1.48. The topological polar surface area (TPSA) is 143 Å². The minimum absolute atomic E-state index is 0.0467. The van der Waals surface area contributed by atoms with Crippen LogP contribution in [0, 0.1) is 5.82 Å². The molecule has 1 saturated heterocycles. The van der Waals surface area contributed by atoms with E-state index < -0.39 is 27.7 Å². The van der Waals surface area contributed by atoms with Crippen LogP contribution in [-0.4, -0.2) is 55.9 Å². The molecule has 3 N–H and O–H groups in total. The number of carbonyl (C=O) groups is 2. The zero-order valence-corrected chi connectivity index (χ0v) is 21.2. The van der Waals surface area contributed by atoms with Gasteiger partial charge in [0.1, 0.15) is 5.82 Å². The molecule has 0 aliphatic carbocycles. The summed E-state index contributed by atoms with van der Waals surface area (Å²) in [4.78, 5) is 40.8. The molecule has 2 aromatic carbocycles. The predicted molar refractivity (Wildman–Crippen MR) is 137 cm³/mol. The van der Waals surface area contributed by atoms with Crippen molar-refractivity contribution in [2.24, 2.45) is 0 Å². The minimum Gasteiger partial charge on any atom is -0.367 e. The van der Waals surface area contributed by atoms with E-state index in [1.54, 1.807) is 35.5 Å². The lowest BCUT2D eigenvalue weighted by Crippen LogP contribution is -2.42. The van der Waals surface area contributed by atoms with E-state index in [-0.39, 0.29) is 29.5 Å². The highest BCUT2D eigenvalue weighted by Crippen LogP contribution is 2.25. The van der Waals surface area contributed by atoms with Gasteiger partial charge in [-0.1, -0.05) is 18.2 Å². The Hall–Kier alpha value is -4.10. The summed E-state index contributed by atoms with van der Waals surface area (Å²) >= 11 is 0. The van der Waals surface area contributed by atoms with Crippen LogP contribution in [0.1, 0.15) is 29.6 Å². The van der Waals surface area contributed by atoms with Crippen molar-refractivity contribution in [3.63, 3.8) is 0 Å². The lowest BCUT2D eigenvalue weighted by atomic mass is 10.0. The van der Waals surface area contributed by atoms with Gasteiger partial charge in [-0.25, -0.2) is 22.8 Å². The van der Waals surface area contributed by atoms with Crippen molar-refractivity contribution in [1.82, 2.24) is 20.2 Å². The van der Waals surface area contributed by atoms with Crippen LogP contribution < -0.4 is 20.4 Å². The minimum atomic E-state index is -4.01. The van der Waals surface area contributed by atoms with Crippen LogP contribution in [-0.2, 0) is 19.7 Å². The van der Waals surface area contributed by atoms with Crippen molar-refractivity contribution in [3.8, 4) is 0 Å². The third-order valence-electron chi connectivity index (χ3n) is 5.80. The summed E-state index contributed by atoms with van der Waals surface area (Å²) in [6, 6.07) is 13.4. The molecule has 13 heteroatoms. The van der Waals surface area contributed by atoms with Gasteiger partial charge in [-0.2, -0.15) is 0 Å². The molecule has 1 aliphatic rings. The number of amides is 1. The van der Waals surface area contributed by atoms with Crippen molar-refractivity contribution >= 4 is 33.5 Å². The van der Waals surface area contributed by atoms with E-state index in [1.165, 1.54) is 30.3 Å². The van der Waals surface area contributed by atoms with Crippen molar-refractivity contribution in [2.45, 2.75) is 30.2 Å². The number of rotatable bonds is 10. The Morgan fingerprint density at radius 2 is 1.84 bits per heavy atom. The third kappa shape index (κ3) is 7.23. The summed E-state index contributed by atoms with van der Waals surface area (Å²) in [5, 5.41) is 5.76. The van der Waals surface area contributed by atoms with Gasteiger partial charge in [-0.15, -0.1) is 0 Å². The van der Waals surface area contributed by atoms with Crippen LogP contribution in [0.5, 0.6) is 0 Å². The van der Waals surface area contributed by atoms with Gasteiger partial charge in [-0.05, 0) is 54.1 Å². The molecule has 11 nitrogen and oxygen atoms in total. The highest BCUT2D eigenvalue weighted by molar-refractivity contribution is 7.89. The number of benzene rings is 2. The number of sulfonamides is 1.